The first-order valence-corrected chi connectivity index (χ1v) is 13.1. The fraction of sp³-hybridized carbons (Fsp3) is 0.147. The van der Waals surface area contributed by atoms with Crippen LogP contribution in [0.15, 0.2) is 77.2 Å². The predicted octanol–water partition coefficient (Wildman–Crippen LogP) is 8.15. The van der Waals surface area contributed by atoms with E-state index in [2.05, 4.69) is 24.3 Å². The van der Waals surface area contributed by atoms with Gasteiger partial charge in [-0.15, -0.1) is 0 Å². The second-order valence-corrected chi connectivity index (χ2v) is 9.77. The summed E-state index contributed by atoms with van der Waals surface area (Å²) in [5.41, 5.74) is 2.14. The summed E-state index contributed by atoms with van der Waals surface area (Å²) in [4.78, 5) is 5.08. The molecule has 0 saturated heterocycles. The number of ether oxygens (including phenoxy) is 5. The van der Waals surface area contributed by atoms with Crippen molar-refractivity contribution in [3.63, 3.8) is 0 Å². The zero-order chi connectivity index (χ0) is 28.2. The number of methoxy groups -OCH3 is 5. The van der Waals surface area contributed by atoms with Gasteiger partial charge in [-0.3, -0.25) is 0 Å². The smallest absolute Gasteiger partial charge is 0.227 e. The average molecular weight is 546 g/mol. The van der Waals surface area contributed by atoms with Gasteiger partial charge in [0.25, 0.3) is 0 Å². The maximum Gasteiger partial charge on any atom is 0.227 e. The Morgan fingerprint density at radius 1 is 0.512 bits per heavy atom. The third kappa shape index (κ3) is 3.69. The molecular formula is C34H27NO6. The number of aromatic nitrogens is 1. The maximum absolute atomic E-state index is 6.44. The summed E-state index contributed by atoms with van der Waals surface area (Å²) in [6.45, 7) is 0. The van der Waals surface area contributed by atoms with Crippen molar-refractivity contribution in [1.82, 2.24) is 4.98 Å². The van der Waals surface area contributed by atoms with Crippen LogP contribution in [0.1, 0.15) is 0 Å². The van der Waals surface area contributed by atoms with E-state index in [4.69, 9.17) is 33.1 Å². The molecular weight excluding hydrogens is 518 g/mol. The molecule has 6 aromatic carbocycles. The van der Waals surface area contributed by atoms with Gasteiger partial charge < -0.3 is 28.1 Å². The van der Waals surface area contributed by atoms with Gasteiger partial charge in [0, 0.05) is 10.9 Å². The molecule has 0 aliphatic heterocycles. The van der Waals surface area contributed by atoms with Gasteiger partial charge in [-0.05, 0) is 80.2 Å². The van der Waals surface area contributed by atoms with Crippen LogP contribution in [-0.2, 0) is 0 Å². The number of benzene rings is 6. The molecule has 7 heteroatoms. The van der Waals surface area contributed by atoms with E-state index in [1.807, 2.05) is 48.5 Å². The summed E-state index contributed by atoms with van der Waals surface area (Å²) < 4.78 is 35.1. The molecule has 0 unspecified atom stereocenters. The van der Waals surface area contributed by atoms with Crippen LogP contribution in [0.25, 0.3) is 65.6 Å². The molecule has 0 amide bonds. The highest BCUT2D eigenvalue weighted by Crippen LogP contribution is 2.48. The first-order chi connectivity index (χ1) is 20.1. The molecule has 0 saturated carbocycles. The summed E-state index contributed by atoms with van der Waals surface area (Å²) in [5.74, 6) is 3.58. The van der Waals surface area contributed by atoms with Crippen LogP contribution < -0.4 is 23.7 Å². The third-order valence-electron chi connectivity index (χ3n) is 7.75. The lowest BCUT2D eigenvalue weighted by atomic mass is 9.92. The fourth-order valence-electron chi connectivity index (χ4n) is 5.77. The zero-order valence-corrected chi connectivity index (χ0v) is 23.3. The Kier molecular flexibility index (Phi) is 5.75. The van der Waals surface area contributed by atoms with Gasteiger partial charge in [0.1, 0.15) is 5.52 Å². The fourth-order valence-corrected chi connectivity index (χ4v) is 5.77. The van der Waals surface area contributed by atoms with Gasteiger partial charge in [-0.25, -0.2) is 4.98 Å². The van der Waals surface area contributed by atoms with Crippen LogP contribution in [0, 0.1) is 0 Å². The Bertz CT molecular complexity index is 2110. The second-order valence-electron chi connectivity index (χ2n) is 9.77. The number of nitrogens with zero attached hydrogens (tertiary/aromatic N) is 1. The highest BCUT2D eigenvalue weighted by atomic mass is 16.5. The molecule has 7 aromatic rings. The van der Waals surface area contributed by atoms with Gasteiger partial charge in [-0.2, -0.15) is 0 Å². The largest absolute Gasteiger partial charge is 0.493 e. The number of oxazole rings is 1. The predicted molar refractivity (Wildman–Crippen MR) is 162 cm³/mol. The highest BCUT2D eigenvalue weighted by Gasteiger charge is 2.23. The Hall–Kier alpha value is -5.17. The Morgan fingerprint density at radius 3 is 1.56 bits per heavy atom. The van der Waals surface area contributed by atoms with Crippen molar-refractivity contribution >= 4 is 54.2 Å². The summed E-state index contributed by atoms with van der Waals surface area (Å²) >= 11 is 0. The lowest BCUT2D eigenvalue weighted by Crippen LogP contribution is -1.95. The monoisotopic (exact) mass is 545 g/mol. The van der Waals surface area contributed by atoms with Crippen LogP contribution in [-0.4, -0.2) is 40.5 Å². The molecule has 7 nitrogen and oxygen atoms in total. The molecule has 204 valence electrons. The summed E-state index contributed by atoms with van der Waals surface area (Å²) in [6, 6.07) is 24.4. The number of hydrogen-bond donors (Lipinski definition) is 0. The Balaban J connectivity index is 1.66. The molecule has 7 rings (SSSR count). The quantitative estimate of drug-likeness (QED) is 0.195. The molecule has 0 atom stereocenters. The molecule has 0 spiro atoms. The molecule has 0 N–H and O–H groups in total. The molecule has 1 heterocycles. The van der Waals surface area contributed by atoms with Crippen molar-refractivity contribution in [3.8, 4) is 40.2 Å². The Morgan fingerprint density at radius 2 is 1.00 bits per heavy atom. The Labute approximate surface area is 235 Å². The van der Waals surface area contributed by atoms with Gasteiger partial charge in [0.05, 0.1) is 35.5 Å². The lowest BCUT2D eigenvalue weighted by Gasteiger charge is -2.17. The maximum atomic E-state index is 6.44. The first kappa shape index (κ1) is 24.8. The highest BCUT2D eigenvalue weighted by molar-refractivity contribution is 6.32. The first-order valence-electron chi connectivity index (χ1n) is 13.1. The van der Waals surface area contributed by atoms with Gasteiger partial charge in [0.2, 0.25) is 5.89 Å². The van der Waals surface area contributed by atoms with Crippen LogP contribution in [0.4, 0.5) is 0 Å². The van der Waals surface area contributed by atoms with Gasteiger partial charge in [0.15, 0.2) is 34.3 Å². The minimum Gasteiger partial charge on any atom is -0.493 e. The minimum atomic E-state index is 0.512. The molecule has 1 aromatic heterocycles. The normalized spacial score (nSPS) is 11.5. The SMILES string of the molecule is COc1cc2c3cc(OC)c(OC)cc3c3c(cc(OC)c4oc(-c5ccc6ccccc6c5)nc43)c2cc1OC. The van der Waals surface area contributed by atoms with E-state index in [1.54, 1.807) is 35.5 Å². The molecule has 0 radical (unpaired) electrons. The number of rotatable bonds is 6. The van der Waals surface area contributed by atoms with Crippen LogP contribution in [0.5, 0.6) is 28.7 Å². The van der Waals surface area contributed by atoms with Crippen molar-refractivity contribution in [3.05, 3.63) is 72.8 Å². The molecule has 0 aliphatic rings. The molecule has 0 aliphatic carbocycles. The van der Waals surface area contributed by atoms with Crippen molar-refractivity contribution < 1.29 is 28.1 Å². The van der Waals surface area contributed by atoms with E-state index in [0.29, 0.717) is 45.7 Å². The standard InChI is InChI=1S/C34H27NO6/c1-36-26-13-21-22-14-28(38-3)29(39-4)16-24(22)31-25(23(21)15-27(26)37-2)17-30(40-5)33-32(31)35-34(41-33)20-11-10-18-8-6-7-9-19(18)12-20/h6-17H,1-5H3. The number of hydrogen-bond acceptors (Lipinski definition) is 7. The van der Waals surface area contributed by atoms with Crippen LogP contribution >= 0.6 is 0 Å². The molecule has 0 fully saturated rings. The van der Waals surface area contributed by atoms with Gasteiger partial charge in [-0.1, -0.05) is 30.3 Å². The van der Waals surface area contributed by atoms with Crippen LogP contribution in [0.3, 0.4) is 0 Å². The third-order valence-corrected chi connectivity index (χ3v) is 7.75. The van der Waals surface area contributed by atoms with Crippen molar-refractivity contribution in [1.29, 1.82) is 0 Å². The van der Waals surface area contributed by atoms with E-state index in [1.165, 1.54) is 0 Å². The van der Waals surface area contributed by atoms with E-state index in [0.717, 1.165) is 48.7 Å². The molecule has 0 bridgehead atoms. The van der Waals surface area contributed by atoms with E-state index in [-0.39, 0.29) is 0 Å². The zero-order valence-electron chi connectivity index (χ0n) is 23.3. The van der Waals surface area contributed by atoms with Crippen molar-refractivity contribution in [2.24, 2.45) is 0 Å². The second kappa shape index (κ2) is 9.48. The van der Waals surface area contributed by atoms with Crippen LogP contribution in [0.2, 0.25) is 0 Å². The summed E-state index contributed by atoms with van der Waals surface area (Å²) in [6.07, 6.45) is 0. The van der Waals surface area contributed by atoms with Gasteiger partial charge >= 0.3 is 0 Å². The van der Waals surface area contributed by atoms with Crippen molar-refractivity contribution in [2.45, 2.75) is 0 Å². The average Bonchev–Trinajstić information content (AvgIpc) is 3.48. The molecule has 41 heavy (non-hydrogen) atoms. The minimum absolute atomic E-state index is 0.512. The van der Waals surface area contributed by atoms with E-state index in [9.17, 15) is 0 Å². The van der Waals surface area contributed by atoms with E-state index >= 15 is 0 Å². The van der Waals surface area contributed by atoms with Crippen molar-refractivity contribution in [2.75, 3.05) is 35.5 Å². The summed E-state index contributed by atoms with van der Waals surface area (Å²) in [5, 5.41) is 7.90. The summed E-state index contributed by atoms with van der Waals surface area (Å²) in [7, 11) is 8.17. The topological polar surface area (TPSA) is 72.2 Å². The lowest BCUT2D eigenvalue weighted by molar-refractivity contribution is 0.355. The van der Waals surface area contributed by atoms with E-state index < -0.39 is 0 Å². The number of fused-ring (bicyclic) bond motifs is 9.